The second-order valence-electron chi connectivity index (χ2n) is 6.99. The molecule has 0 heterocycles. The molecule has 1 aliphatic carbocycles. The van der Waals surface area contributed by atoms with Gasteiger partial charge in [0.05, 0.1) is 6.10 Å². The largest absolute Gasteiger partial charge is 0.500 e. The minimum atomic E-state index is -2.51. The fourth-order valence-corrected chi connectivity index (χ4v) is 5.65. The molecule has 5 nitrogen and oxygen atoms in total. The van der Waals surface area contributed by atoms with Crippen molar-refractivity contribution >= 4 is 8.80 Å². The molecule has 1 aromatic rings. The molecule has 6 heteroatoms. The highest BCUT2D eigenvalue weighted by Crippen LogP contribution is 2.32. The van der Waals surface area contributed by atoms with Crippen LogP contribution in [-0.4, -0.2) is 47.4 Å². The maximum absolute atomic E-state index is 10.4. The van der Waals surface area contributed by atoms with Crippen LogP contribution in [0.15, 0.2) is 30.3 Å². The summed E-state index contributed by atoms with van der Waals surface area (Å²) in [6, 6.07) is 11.6. The average molecular weight is 368 g/mol. The number of rotatable bonds is 9. The maximum Gasteiger partial charge on any atom is 0.500 e. The summed E-state index contributed by atoms with van der Waals surface area (Å²) in [6.45, 7) is 2.16. The third-order valence-corrected chi connectivity index (χ3v) is 8.24. The lowest BCUT2D eigenvalue weighted by molar-refractivity contribution is 0.0618. The Morgan fingerprint density at radius 3 is 2.36 bits per heavy atom. The number of aliphatic hydroxyl groups is 1. The van der Waals surface area contributed by atoms with Crippen LogP contribution in [0, 0.1) is 5.92 Å². The molecule has 25 heavy (non-hydrogen) atoms. The minimum absolute atomic E-state index is 0.123. The van der Waals surface area contributed by atoms with Crippen LogP contribution >= 0.6 is 0 Å². The number of nitrogens with one attached hydrogen (secondary N) is 1. The van der Waals surface area contributed by atoms with Gasteiger partial charge in [-0.2, -0.15) is 0 Å². The first-order valence-corrected chi connectivity index (χ1v) is 11.1. The Morgan fingerprint density at radius 1 is 1.12 bits per heavy atom. The summed E-state index contributed by atoms with van der Waals surface area (Å²) < 4.78 is 16.6. The highest BCUT2D eigenvalue weighted by Gasteiger charge is 2.39. The fourth-order valence-electron chi connectivity index (χ4n) is 3.78. The lowest BCUT2D eigenvalue weighted by atomic mass is 9.82. The summed E-state index contributed by atoms with van der Waals surface area (Å²) in [5.74, 6) is 0.552. The lowest BCUT2D eigenvalue weighted by Crippen LogP contribution is -2.46. The molecule has 0 spiro atoms. The molecule has 4 atom stereocenters. The first-order chi connectivity index (χ1) is 12.0. The van der Waals surface area contributed by atoms with Gasteiger partial charge in [0.25, 0.3) is 0 Å². The molecular formula is C19H33NO4Si. The molecule has 0 aliphatic heterocycles. The van der Waals surface area contributed by atoms with Crippen LogP contribution in [-0.2, 0) is 13.3 Å². The van der Waals surface area contributed by atoms with Crippen LogP contribution < -0.4 is 5.32 Å². The van der Waals surface area contributed by atoms with E-state index in [-0.39, 0.29) is 18.2 Å². The monoisotopic (exact) mass is 367 g/mol. The highest BCUT2D eigenvalue weighted by atomic mass is 28.4. The van der Waals surface area contributed by atoms with E-state index in [0.717, 1.165) is 31.7 Å². The van der Waals surface area contributed by atoms with Gasteiger partial charge in [-0.1, -0.05) is 30.3 Å². The number of aliphatic hydroxyl groups excluding tert-OH is 1. The van der Waals surface area contributed by atoms with Gasteiger partial charge in [-0.15, -0.1) is 0 Å². The Hall–Kier alpha value is -0.763. The molecule has 0 radical (unpaired) electrons. The van der Waals surface area contributed by atoms with Gasteiger partial charge in [-0.3, -0.25) is 0 Å². The number of benzene rings is 1. The molecule has 142 valence electrons. The predicted molar refractivity (Wildman–Crippen MR) is 101 cm³/mol. The SMILES string of the molecule is CO[Si](CCC1CCC(O)C(NC(C)c2ccccc2)C1)(OC)OC. The van der Waals surface area contributed by atoms with E-state index in [9.17, 15) is 5.11 Å². The smallest absolute Gasteiger partial charge is 0.392 e. The zero-order valence-electron chi connectivity index (χ0n) is 15.9. The van der Waals surface area contributed by atoms with Crippen molar-refractivity contribution in [2.75, 3.05) is 21.3 Å². The van der Waals surface area contributed by atoms with Gasteiger partial charge in [0.2, 0.25) is 0 Å². The van der Waals surface area contributed by atoms with E-state index >= 15 is 0 Å². The summed E-state index contributed by atoms with van der Waals surface area (Å²) in [5.41, 5.74) is 1.25. The van der Waals surface area contributed by atoms with Crippen molar-refractivity contribution in [3.05, 3.63) is 35.9 Å². The van der Waals surface area contributed by atoms with Gasteiger partial charge in [0, 0.05) is 39.5 Å². The molecule has 0 amide bonds. The van der Waals surface area contributed by atoms with Gasteiger partial charge in [0.15, 0.2) is 0 Å². The molecule has 1 saturated carbocycles. The van der Waals surface area contributed by atoms with E-state index in [1.807, 2.05) is 6.07 Å². The molecule has 2 rings (SSSR count). The molecular weight excluding hydrogens is 334 g/mol. The second-order valence-corrected chi connectivity index (χ2v) is 10.1. The van der Waals surface area contributed by atoms with Gasteiger partial charge >= 0.3 is 8.80 Å². The zero-order valence-corrected chi connectivity index (χ0v) is 16.9. The van der Waals surface area contributed by atoms with Gasteiger partial charge in [-0.25, -0.2) is 0 Å². The molecule has 1 fully saturated rings. The van der Waals surface area contributed by atoms with Crippen molar-refractivity contribution in [2.24, 2.45) is 5.92 Å². The van der Waals surface area contributed by atoms with Crippen LogP contribution in [0.5, 0.6) is 0 Å². The lowest BCUT2D eigenvalue weighted by Gasteiger charge is -2.36. The Bertz CT molecular complexity index is 489. The normalized spacial score (nSPS) is 25.7. The second kappa shape index (κ2) is 9.80. The molecule has 0 aromatic heterocycles. The first kappa shape index (κ1) is 20.5. The standard InChI is InChI=1S/C19H33NO4Si/c1-15(17-8-6-5-7-9-17)20-18-14-16(10-11-19(18)21)12-13-25(22-2,23-3)24-4/h5-9,15-16,18-21H,10-14H2,1-4H3. The van der Waals surface area contributed by atoms with E-state index in [0.29, 0.717) is 5.92 Å². The summed E-state index contributed by atoms with van der Waals surface area (Å²) in [7, 11) is 2.48. The van der Waals surface area contributed by atoms with Crippen molar-refractivity contribution in [2.45, 2.75) is 56.8 Å². The summed E-state index contributed by atoms with van der Waals surface area (Å²) in [4.78, 5) is 0. The fraction of sp³-hybridized carbons (Fsp3) is 0.684. The van der Waals surface area contributed by atoms with Crippen LogP contribution in [0.4, 0.5) is 0 Å². The highest BCUT2D eigenvalue weighted by molar-refractivity contribution is 6.60. The molecule has 0 bridgehead atoms. The predicted octanol–water partition coefficient (Wildman–Crippen LogP) is 3.14. The zero-order chi connectivity index (χ0) is 18.3. The summed E-state index contributed by atoms with van der Waals surface area (Å²) >= 11 is 0. The third-order valence-electron chi connectivity index (χ3n) is 5.48. The van der Waals surface area contributed by atoms with E-state index in [1.54, 1.807) is 21.3 Å². The minimum Gasteiger partial charge on any atom is -0.392 e. The van der Waals surface area contributed by atoms with Crippen molar-refractivity contribution in [3.63, 3.8) is 0 Å². The van der Waals surface area contributed by atoms with Crippen molar-refractivity contribution in [3.8, 4) is 0 Å². The molecule has 4 unspecified atom stereocenters. The Morgan fingerprint density at radius 2 is 1.76 bits per heavy atom. The van der Waals surface area contributed by atoms with Crippen LogP contribution in [0.3, 0.4) is 0 Å². The Labute approximate surface area is 153 Å². The summed E-state index contributed by atoms with van der Waals surface area (Å²) in [5, 5.41) is 14.0. The van der Waals surface area contributed by atoms with Crippen LogP contribution in [0.2, 0.25) is 6.04 Å². The van der Waals surface area contributed by atoms with Crippen molar-refractivity contribution in [1.29, 1.82) is 0 Å². The molecule has 0 saturated heterocycles. The third kappa shape index (κ3) is 5.61. The van der Waals surface area contributed by atoms with Gasteiger partial charge in [-0.05, 0) is 44.1 Å². The number of hydrogen-bond donors (Lipinski definition) is 2. The van der Waals surface area contributed by atoms with Crippen molar-refractivity contribution in [1.82, 2.24) is 5.32 Å². The van der Waals surface area contributed by atoms with Crippen LogP contribution in [0.1, 0.15) is 44.2 Å². The first-order valence-electron chi connectivity index (χ1n) is 9.18. The molecule has 1 aromatic carbocycles. The summed E-state index contributed by atoms with van der Waals surface area (Å²) in [6.07, 6.45) is 3.58. The molecule has 1 aliphatic rings. The van der Waals surface area contributed by atoms with E-state index < -0.39 is 8.80 Å². The number of hydrogen-bond acceptors (Lipinski definition) is 5. The van der Waals surface area contributed by atoms with E-state index in [2.05, 4.69) is 36.5 Å². The molecule has 2 N–H and O–H groups in total. The van der Waals surface area contributed by atoms with E-state index in [1.165, 1.54) is 5.56 Å². The maximum atomic E-state index is 10.4. The average Bonchev–Trinajstić information content (AvgIpc) is 2.66. The Balaban J connectivity index is 1.90. The van der Waals surface area contributed by atoms with Gasteiger partial charge in [0.1, 0.15) is 0 Å². The van der Waals surface area contributed by atoms with E-state index in [4.69, 9.17) is 13.3 Å². The van der Waals surface area contributed by atoms with Crippen LogP contribution in [0.25, 0.3) is 0 Å². The van der Waals surface area contributed by atoms with Gasteiger partial charge < -0.3 is 23.7 Å². The Kier molecular flexibility index (Phi) is 8.06. The topological polar surface area (TPSA) is 60.0 Å². The quantitative estimate of drug-likeness (QED) is 0.657. The van der Waals surface area contributed by atoms with Crippen molar-refractivity contribution < 1.29 is 18.4 Å².